The molecule has 2 aliphatic heterocycles. The van der Waals surface area contributed by atoms with Gasteiger partial charge in [-0.3, -0.25) is 4.79 Å². The maximum Gasteiger partial charge on any atom is 0.442 e. The van der Waals surface area contributed by atoms with Crippen LogP contribution in [0.1, 0.15) is 49.4 Å². The van der Waals surface area contributed by atoms with Crippen molar-refractivity contribution in [3.63, 3.8) is 0 Å². The van der Waals surface area contributed by atoms with E-state index in [0.717, 1.165) is 39.6 Å². The number of fused-ring (bicyclic) bond motifs is 4. The summed E-state index contributed by atoms with van der Waals surface area (Å²) in [7, 11) is 0. The molecule has 1 atom stereocenters. The summed E-state index contributed by atoms with van der Waals surface area (Å²) in [6.45, 7) is 4.20. The van der Waals surface area contributed by atoms with E-state index in [0.29, 0.717) is 12.0 Å². The molecule has 3 aromatic rings. The van der Waals surface area contributed by atoms with Crippen molar-refractivity contribution in [2.45, 2.75) is 44.6 Å². The second-order valence-electron chi connectivity index (χ2n) is 10.1. The van der Waals surface area contributed by atoms with Crippen LogP contribution in [0.5, 0.6) is 0 Å². The molecule has 4 nitrogen and oxygen atoms in total. The van der Waals surface area contributed by atoms with E-state index in [1.165, 1.54) is 12.1 Å². The van der Waals surface area contributed by atoms with Crippen molar-refractivity contribution in [1.82, 2.24) is 0 Å². The maximum absolute atomic E-state index is 13.5. The molecule has 1 aliphatic carbocycles. The first kappa shape index (κ1) is 21.1. The fourth-order valence-corrected chi connectivity index (χ4v) is 5.44. The predicted octanol–water partition coefficient (Wildman–Crippen LogP) is 7.33. The zero-order chi connectivity index (χ0) is 23.9. The summed E-state index contributed by atoms with van der Waals surface area (Å²) in [5.41, 5.74) is 1.81. The minimum absolute atomic E-state index is 0.0174. The first-order valence-corrected chi connectivity index (χ1v) is 11.3. The molecule has 6 rings (SSSR count). The Hall–Kier alpha value is -3.48. The standard InChI is InChI=1S/C27H22F3N3O/c1-25(2)13-19-22-18-6-4-3-5-15(18)9-12-20(22)31-24(23(19)21(34)14-25)16-7-10-17(11-8-16)26(32-33-26)27(28,29)30/h3-12,24,31H,13-14H2,1-2H3. The number of alkyl halides is 3. The molecular formula is C27H22F3N3O. The largest absolute Gasteiger partial charge is 0.442 e. The summed E-state index contributed by atoms with van der Waals surface area (Å²) >= 11 is 0. The van der Waals surface area contributed by atoms with Crippen LogP contribution >= 0.6 is 0 Å². The van der Waals surface area contributed by atoms with E-state index in [1.807, 2.05) is 24.3 Å². The van der Waals surface area contributed by atoms with Gasteiger partial charge in [0.1, 0.15) is 0 Å². The normalized spacial score (nSPS) is 22.3. The minimum Gasteiger partial charge on any atom is -0.373 e. The number of anilines is 1. The van der Waals surface area contributed by atoms with Gasteiger partial charge in [0.15, 0.2) is 5.78 Å². The number of nitrogens with one attached hydrogen (secondary N) is 1. The first-order valence-electron chi connectivity index (χ1n) is 11.3. The van der Waals surface area contributed by atoms with E-state index in [9.17, 15) is 18.0 Å². The molecule has 1 unspecified atom stereocenters. The quantitative estimate of drug-likeness (QED) is 0.434. The van der Waals surface area contributed by atoms with Crippen molar-refractivity contribution in [3.05, 3.63) is 82.9 Å². The molecular weight excluding hydrogens is 439 g/mol. The van der Waals surface area contributed by atoms with Crippen molar-refractivity contribution in [3.8, 4) is 0 Å². The van der Waals surface area contributed by atoms with Gasteiger partial charge in [-0.2, -0.15) is 13.2 Å². The van der Waals surface area contributed by atoms with Gasteiger partial charge in [-0.25, -0.2) is 0 Å². The number of benzene rings is 3. The lowest BCUT2D eigenvalue weighted by Crippen LogP contribution is -2.33. The average molecular weight is 461 g/mol. The Balaban J connectivity index is 1.49. The summed E-state index contributed by atoms with van der Waals surface area (Å²) in [6.07, 6.45) is -3.39. The highest BCUT2D eigenvalue weighted by Gasteiger charge is 2.65. The summed E-state index contributed by atoms with van der Waals surface area (Å²) in [4.78, 5) is 13.5. The summed E-state index contributed by atoms with van der Waals surface area (Å²) < 4.78 is 40.3. The third kappa shape index (κ3) is 3.02. The van der Waals surface area contributed by atoms with Gasteiger partial charge < -0.3 is 5.32 Å². The van der Waals surface area contributed by atoms with Crippen molar-refractivity contribution in [1.29, 1.82) is 0 Å². The first-order chi connectivity index (χ1) is 16.1. The van der Waals surface area contributed by atoms with Gasteiger partial charge in [-0.1, -0.05) is 68.4 Å². The fourth-order valence-electron chi connectivity index (χ4n) is 5.44. The van der Waals surface area contributed by atoms with Gasteiger partial charge in [0.25, 0.3) is 0 Å². The number of halogens is 3. The van der Waals surface area contributed by atoms with Crippen molar-refractivity contribution < 1.29 is 18.0 Å². The van der Waals surface area contributed by atoms with Crippen LogP contribution in [0.4, 0.5) is 18.9 Å². The van der Waals surface area contributed by atoms with Crippen LogP contribution in [0.25, 0.3) is 16.3 Å². The topological polar surface area (TPSA) is 53.8 Å². The SMILES string of the molecule is CC1(C)CC(=O)C2=C(C1)c1c(ccc3ccccc13)NC2c1ccc(C2(C(F)(F)F)N=N2)cc1. The molecule has 0 amide bonds. The lowest BCUT2D eigenvalue weighted by molar-refractivity contribution is -0.166. The van der Waals surface area contributed by atoms with Gasteiger partial charge in [-0.15, -0.1) is 10.2 Å². The lowest BCUT2D eigenvalue weighted by atomic mass is 9.68. The Labute approximate surface area is 194 Å². The van der Waals surface area contributed by atoms with Crippen LogP contribution in [-0.4, -0.2) is 12.0 Å². The highest BCUT2D eigenvalue weighted by atomic mass is 19.4. The van der Waals surface area contributed by atoms with Crippen LogP contribution in [0.15, 0.2) is 76.5 Å². The van der Waals surface area contributed by atoms with Crippen molar-refractivity contribution in [2.24, 2.45) is 15.6 Å². The molecule has 1 N–H and O–H groups in total. The van der Waals surface area contributed by atoms with Crippen LogP contribution in [0.2, 0.25) is 0 Å². The molecule has 34 heavy (non-hydrogen) atoms. The number of Topliss-reactive ketones (excluding diaryl/α,β-unsaturated/α-hetero) is 1. The number of rotatable bonds is 2. The zero-order valence-corrected chi connectivity index (χ0v) is 18.7. The van der Waals surface area contributed by atoms with Crippen molar-refractivity contribution >= 4 is 27.8 Å². The van der Waals surface area contributed by atoms with Gasteiger partial charge in [0, 0.05) is 28.8 Å². The number of carbonyl (C=O) groups excluding carboxylic acids is 1. The van der Waals surface area contributed by atoms with E-state index in [4.69, 9.17) is 0 Å². The van der Waals surface area contributed by atoms with E-state index in [1.54, 1.807) is 12.1 Å². The molecule has 0 radical (unpaired) electrons. The lowest BCUT2D eigenvalue weighted by Gasteiger charge is -2.40. The third-order valence-electron chi connectivity index (χ3n) is 7.08. The van der Waals surface area contributed by atoms with E-state index in [2.05, 4.69) is 41.5 Å². The second-order valence-corrected chi connectivity index (χ2v) is 10.1. The van der Waals surface area contributed by atoms with Crippen LogP contribution < -0.4 is 5.32 Å². The van der Waals surface area contributed by atoms with E-state index >= 15 is 0 Å². The maximum atomic E-state index is 13.5. The molecule has 3 aromatic carbocycles. The number of carbonyl (C=O) groups is 1. The molecule has 172 valence electrons. The third-order valence-corrected chi connectivity index (χ3v) is 7.08. The minimum atomic E-state index is -4.57. The number of allylic oxidation sites excluding steroid dienone is 1. The highest BCUT2D eigenvalue weighted by Crippen LogP contribution is 2.54. The Morgan fingerprint density at radius 2 is 1.65 bits per heavy atom. The Morgan fingerprint density at radius 3 is 2.32 bits per heavy atom. The van der Waals surface area contributed by atoms with Gasteiger partial charge in [0.05, 0.1) is 6.04 Å². The summed E-state index contributed by atoms with van der Waals surface area (Å²) in [5.74, 6) is 0.0744. The second kappa shape index (κ2) is 6.78. The molecule has 0 saturated carbocycles. The smallest absolute Gasteiger partial charge is 0.373 e. The Kier molecular flexibility index (Phi) is 4.20. The average Bonchev–Trinajstić information content (AvgIpc) is 3.60. The van der Waals surface area contributed by atoms with Gasteiger partial charge in [-0.05, 0) is 39.8 Å². The Bertz CT molecular complexity index is 1410. The molecule has 0 spiro atoms. The highest BCUT2D eigenvalue weighted by molar-refractivity contribution is 6.12. The van der Waals surface area contributed by atoms with Crippen molar-refractivity contribution in [2.75, 3.05) is 5.32 Å². The van der Waals surface area contributed by atoms with Crippen LogP contribution in [0.3, 0.4) is 0 Å². The zero-order valence-electron chi connectivity index (χ0n) is 18.7. The van der Waals surface area contributed by atoms with Crippen LogP contribution in [-0.2, 0) is 10.5 Å². The van der Waals surface area contributed by atoms with Gasteiger partial charge in [0.2, 0.25) is 0 Å². The molecule has 0 bridgehead atoms. The molecule has 0 saturated heterocycles. The number of hydrogen-bond acceptors (Lipinski definition) is 4. The molecule has 0 aromatic heterocycles. The monoisotopic (exact) mass is 461 g/mol. The molecule has 2 heterocycles. The summed E-state index contributed by atoms with van der Waals surface area (Å²) in [5, 5.41) is 12.3. The summed E-state index contributed by atoms with van der Waals surface area (Å²) in [6, 6.07) is 17.9. The number of nitrogens with zero attached hydrogens (tertiary/aromatic N) is 2. The van der Waals surface area contributed by atoms with E-state index < -0.39 is 17.9 Å². The predicted molar refractivity (Wildman–Crippen MR) is 124 cm³/mol. The van der Waals surface area contributed by atoms with Gasteiger partial charge >= 0.3 is 11.8 Å². The fraction of sp³-hybridized carbons (Fsp3) is 0.296. The van der Waals surface area contributed by atoms with Crippen LogP contribution in [0, 0.1) is 5.41 Å². The number of hydrogen-bond donors (Lipinski definition) is 1. The Morgan fingerprint density at radius 1 is 0.941 bits per heavy atom. The molecule has 0 fully saturated rings. The molecule has 7 heteroatoms. The molecule has 3 aliphatic rings. The van der Waals surface area contributed by atoms with E-state index in [-0.39, 0.29) is 16.8 Å². The number of ketones is 1.